The Balaban J connectivity index is 2.33. The summed E-state index contributed by atoms with van der Waals surface area (Å²) in [5.74, 6) is 0. The molecule has 1 aliphatic rings. The van der Waals surface area contributed by atoms with E-state index in [1.165, 1.54) is 45.0 Å². The van der Waals surface area contributed by atoms with E-state index in [1.807, 2.05) is 27.7 Å². The molecule has 0 bridgehead atoms. The summed E-state index contributed by atoms with van der Waals surface area (Å²) in [6, 6.07) is 5.57. The zero-order valence-corrected chi connectivity index (χ0v) is 18.0. The van der Waals surface area contributed by atoms with E-state index in [-0.39, 0.29) is 4.90 Å². The summed E-state index contributed by atoms with van der Waals surface area (Å²) in [4.78, 5) is -0.216. The van der Waals surface area contributed by atoms with Crippen LogP contribution in [0.1, 0.15) is 48.5 Å². The lowest BCUT2D eigenvalue weighted by atomic mass is 9.79. The van der Waals surface area contributed by atoms with E-state index in [0.717, 1.165) is 0 Å². The van der Waals surface area contributed by atoms with Crippen LogP contribution in [0, 0.1) is 0 Å². The lowest BCUT2D eigenvalue weighted by Crippen LogP contribution is -2.49. The highest BCUT2D eigenvalue weighted by atomic mass is 32.2. The van der Waals surface area contributed by atoms with Gasteiger partial charge >= 0.3 is 13.3 Å². The van der Waals surface area contributed by atoms with Crippen molar-refractivity contribution in [3.63, 3.8) is 0 Å². The number of halogens is 3. The van der Waals surface area contributed by atoms with Crippen LogP contribution in [0.5, 0.6) is 0 Å². The molecule has 0 saturated carbocycles. The van der Waals surface area contributed by atoms with E-state index in [9.17, 15) is 21.6 Å². The molecule has 0 atom stereocenters. The molecular formula is C18H27BF3NO4S. The average molecular weight is 421 g/mol. The van der Waals surface area contributed by atoms with E-state index in [2.05, 4.69) is 0 Å². The second-order valence-corrected chi connectivity index (χ2v) is 10.8. The first-order valence-electron chi connectivity index (χ1n) is 8.92. The van der Waals surface area contributed by atoms with Gasteiger partial charge in [0, 0.05) is 5.54 Å². The van der Waals surface area contributed by atoms with Crippen LogP contribution in [-0.4, -0.2) is 49.3 Å². The summed E-state index contributed by atoms with van der Waals surface area (Å²) >= 11 is 0. The van der Waals surface area contributed by atoms with E-state index in [1.54, 1.807) is 0 Å². The summed E-state index contributed by atoms with van der Waals surface area (Å²) in [5.41, 5.74) is -1.76. The van der Waals surface area contributed by atoms with Gasteiger partial charge in [0.25, 0.3) is 0 Å². The van der Waals surface area contributed by atoms with Crippen molar-refractivity contribution in [3.8, 4) is 0 Å². The summed E-state index contributed by atoms with van der Waals surface area (Å²) in [5, 5.41) is 0. The largest absolute Gasteiger partial charge is 0.494 e. The Bertz CT molecular complexity index is 799. The molecule has 158 valence electrons. The lowest BCUT2D eigenvalue weighted by molar-refractivity contribution is -0.142. The third-order valence-electron chi connectivity index (χ3n) is 5.06. The third kappa shape index (κ3) is 4.72. The molecule has 2 rings (SSSR count). The summed E-state index contributed by atoms with van der Waals surface area (Å²) in [7, 11) is -5.03. The normalized spacial score (nSPS) is 20.0. The zero-order chi connectivity index (χ0) is 21.8. The van der Waals surface area contributed by atoms with E-state index in [0.29, 0.717) is 9.77 Å². The SMILES string of the molecule is CC(C)(C)N(CC(F)(F)F)S(=O)(=O)c1ccc(B2OC(C)(C)C(C)(C)O2)cc1. The number of nitrogens with zero attached hydrogens (tertiary/aromatic N) is 1. The second-order valence-electron chi connectivity index (χ2n) is 8.95. The van der Waals surface area contributed by atoms with E-state index < -0.39 is 46.6 Å². The van der Waals surface area contributed by atoms with Gasteiger partial charge < -0.3 is 9.31 Å². The molecule has 1 heterocycles. The Morgan fingerprint density at radius 3 is 1.75 bits per heavy atom. The molecule has 0 aromatic heterocycles. The van der Waals surface area contributed by atoms with Gasteiger partial charge in [-0.2, -0.15) is 17.5 Å². The Morgan fingerprint density at radius 1 is 0.964 bits per heavy atom. The first-order chi connectivity index (χ1) is 12.4. The maximum Gasteiger partial charge on any atom is 0.494 e. The standard InChI is InChI=1S/C18H27BF3NO4S/c1-15(2,3)23(12-18(20,21)22)28(24,25)14-10-8-13(9-11-14)19-26-16(4,5)17(6,7)27-19/h8-11H,12H2,1-7H3. The van der Waals surface area contributed by atoms with Crippen LogP contribution in [0.2, 0.25) is 0 Å². The van der Waals surface area contributed by atoms with Gasteiger partial charge in [-0.1, -0.05) is 12.1 Å². The molecule has 0 unspecified atom stereocenters. The average Bonchev–Trinajstić information content (AvgIpc) is 2.71. The number of alkyl halides is 3. The minimum absolute atomic E-state index is 0.216. The van der Waals surface area contributed by atoms with Gasteiger partial charge in [-0.15, -0.1) is 0 Å². The van der Waals surface area contributed by atoms with E-state index >= 15 is 0 Å². The molecule has 10 heteroatoms. The van der Waals surface area contributed by atoms with Gasteiger partial charge in [0.1, 0.15) is 6.54 Å². The van der Waals surface area contributed by atoms with Crippen LogP contribution in [0.25, 0.3) is 0 Å². The molecule has 1 aromatic carbocycles. The monoisotopic (exact) mass is 421 g/mol. The predicted molar refractivity (Wildman–Crippen MR) is 102 cm³/mol. The molecular weight excluding hydrogens is 394 g/mol. The van der Waals surface area contributed by atoms with Crippen molar-refractivity contribution in [2.45, 2.75) is 76.3 Å². The van der Waals surface area contributed by atoms with Crippen LogP contribution in [0.3, 0.4) is 0 Å². The molecule has 0 radical (unpaired) electrons. The van der Waals surface area contributed by atoms with Crippen LogP contribution in [0.15, 0.2) is 29.2 Å². The highest BCUT2D eigenvalue weighted by Crippen LogP contribution is 2.36. The van der Waals surface area contributed by atoms with Crippen molar-refractivity contribution >= 4 is 22.6 Å². The van der Waals surface area contributed by atoms with Crippen molar-refractivity contribution in [3.05, 3.63) is 24.3 Å². The van der Waals surface area contributed by atoms with Crippen molar-refractivity contribution in [2.24, 2.45) is 0 Å². The van der Waals surface area contributed by atoms with Gasteiger partial charge in [-0.05, 0) is 66.1 Å². The second kappa shape index (κ2) is 7.00. The molecule has 1 saturated heterocycles. The van der Waals surface area contributed by atoms with Crippen LogP contribution < -0.4 is 5.46 Å². The first-order valence-corrected chi connectivity index (χ1v) is 10.4. The van der Waals surface area contributed by atoms with E-state index in [4.69, 9.17) is 9.31 Å². The highest BCUT2D eigenvalue weighted by Gasteiger charge is 2.51. The van der Waals surface area contributed by atoms with Gasteiger partial charge in [0.05, 0.1) is 16.1 Å². The van der Waals surface area contributed by atoms with Crippen LogP contribution in [0.4, 0.5) is 13.2 Å². The number of hydrogen-bond acceptors (Lipinski definition) is 4. The number of rotatable bonds is 4. The maximum atomic E-state index is 13.0. The summed E-state index contributed by atoms with van der Waals surface area (Å²) in [6.07, 6.45) is -4.65. The van der Waals surface area contributed by atoms with Crippen LogP contribution in [-0.2, 0) is 19.3 Å². The fraction of sp³-hybridized carbons (Fsp3) is 0.667. The molecule has 5 nitrogen and oxygen atoms in total. The van der Waals surface area contributed by atoms with Crippen molar-refractivity contribution in [2.75, 3.05) is 6.54 Å². The van der Waals surface area contributed by atoms with Gasteiger partial charge in [0.15, 0.2) is 0 Å². The Labute approximate surface area is 165 Å². The number of sulfonamides is 1. The Morgan fingerprint density at radius 2 is 1.39 bits per heavy atom. The molecule has 1 aliphatic heterocycles. The molecule has 0 aliphatic carbocycles. The van der Waals surface area contributed by atoms with Crippen molar-refractivity contribution in [1.82, 2.24) is 4.31 Å². The molecule has 0 N–H and O–H groups in total. The smallest absolute Gasteiger partial charge is 0.399 e. The van der Waals surface area contributed by atoms with Crippen molar-refractivity contribution < 1.29 is 30.9 Å². The fourth-order valence-electron chi connectivity index (χ4n) is 2.75. The predicted octanol–water partition coefficient (Wildman–Crippen LogP) is 3.34. The fourth-order valence-corrected chi connectivity index (χ4v) is 4.52. The lowest BCUT2D eigenvalue weighted by Gasteiger charge is -2.35. The summed E-state index contributed by atoms with van der Waals surface area (Å²) < 4.78 is 76.9. The van der Waals surface area contributed by atoms with Crippen molar-refractivity contribution in [1.29, 1.82) is 0 Å². The molecule has 1 fully saturated rings. The minimum atomic E-state index is -4.65. The molecule has 1 aromatic rings. The quantitative estimate of drug-likeness (QED) is 0.700. The topological polar surface area (TPSA) is 55.8 Å². The number of hydrogen-bond donors (Lipinski definition) is 0. The third-order valence-corrected chi connectivity index (χ3v) is 7.19. The van der Waals surface area contributed by atoms with Gasteiger partial charge in [0.2, 0.25) is 10.0 Å². The molecule has 0 amide bonds. The van der Waals surface area contributed by atoms with Gasteiger partial charge in [-0.3, -0.25) is 0 Å². The number of benzene rings is 1. The zero-order valence-electron chi connectivity index (χ0n) is 17.2. The minimum Gasteiger partial charge on any atom is -0.399 e. The molecule has 28 heavy (non-hydrogen) atoms. The molecule has 0 spiro atoms. The summed E-state index contributed by atoms with van der Waals surface area (Å²) in [6.45, 7) is 10.3. The van der Waals surface area contributed by atoms with Gasteiger partial charge in [-0.25, -0.2) is 8.42 Å². The maximum absolute atomic E-state index is 13.0. The first kappa shape index (κ1) is 23.2. The van der Waals surface area contributed by atoms with Crippen LogP contribution >= 0.6 is 0 Å². The highest BCUT2D eigenvalue weighted by molar-refractivity contribution is 7.89. The Kier molecular flexibility index (Phi) is 5.80. The Hall–Kier alpha value is -1.10.